The Hall–Kier alpha value is -1.63. The van der Waals surface area contributed by atoms with Crippen LogP contribution >= 0.6 is 12.4 Å². The molecule has 0 unspecified atom stereocenters. The molecule has 0 spiro atoms. The van der Waals surface area contributed by atoms with Crippen LogP contribution < -0.4 is 16.0 Å². The molecule has 1 aromatic carbocycles. The van der Waals surface area contributed by atoms with Gasteiger partial charge >= 0.3 is 0 Å². The summed E-state index contributed by atoms with van der Waals surface area (Å²) in [5.41, 5.74) is 1.31. The lowest BCUT2D eigenvalue weighted by molar-refractivity contribution is -0.123. The highest BCUT2D eigenvalue weighted by molar-refractivity contribution is 5.97. The van der Waals surface area contributed by atoms with Crippen molar-refractivity contribution in [1.82, 2.24) is 5.32 Å². The third kappa shape index (κ3) is 5.49. The molecule has 1 aliphatic rings. The summed E-state index contributed by atoms with van der Waals surface area (Å²) < 4.78 is 5.47. The van der Waals surface area contributed by atoms with Crippen LogP contribution in [-0.2, 0) is 14.3 Å². The smallest absolute Gasteiger partial charge is 0.244 e. The number of carbonyl (C=O) groups excluding carboxylic acids is 2. The molecule has 2 atom stereocenters. The molecule has 1 aromatic rings. The Labute approximate surface area is 142 Å². The predicted octanol–water partition coefficient (Wildman–Crippen LogP) is 2.02. The number of anilines is 2. The lowest BCUT2D eigenvalue weighted by Crippen LogP contribution is -2.53. The number of hydrogen-bond donors (Lipinski definition) is 3. The molecule has 0 bridgehead atoms. The second-order valence-corrected chi connectivity index (χ2v) is 5.72. The zero-order valence-corrected chi connectivity index (χ0v) is 14.4. The first-order chi connectivity index (χ1) is 10.5. The first kappa shape index (κ1) is 19.4. The molecule has 3 N–H and O–H groups in total. The summed E-state index contributed by atoms with van der Waals surface area (Å²) in [5.74, 6) is -0.290. The molecule has 2 amide bonds. The average molecular weight is 342 g/mol. The van der Waals surface area contributed by atoms with E-state index in [9.17, 15) is 9.59 Å². The van der Waals surface area contributed by atoms with E-state index in [0.717, 1.165) is 0 Å². The van der Waals surface area contributed by atoms with Crippen LogP contribution in [0, 0.1) is 5.92 Å². The Morgan fingerprint density at radius 3 is 2.52 bits per heavy atom. The molecule has 0 aromatic heterocycles. The molecule has 128 valence electrons. The summed E-state index contributed by atoms with van der Waals surface area (Å²) in [6, 6.07) is 6.74. The van der Waals surface area contributed by atoms with Crippen LogP contribution in [0.15, 0.2) is 24.3 Å². The van der Waals surface area contributed by atoms with Crippen molar-refractivity contribution in [1.29, 1.82) is 0 Å². The fraction of sp³-hybridized carbons (Fsp3) is 0.500. The molecule has 0 aliphatic carbocycles. The van der Waals surface area contributed by atoms with Crippen molar-refractivity contribution in [2.24, 2.45) is 5.92 Å². The molecule has 6 nitrogen and oxygen atoms in total. The summed E-state index contributed by atoms with van der Waals surface area (Å²) in [5, 5.41) is 8.81. The number of ether oxygens (including phenoxy) is 1. The Morgan fingerprint density at radius 1 is 1.26 bits per heavy atom. The monoisotopic (exact) mass is 341 g/mol. The number of carbonyl (C=O) groups is 2. The lowest BCUT2D eigenvalue weighted by atomic mass is 10.1. The maximum Gasteiger partial charge on any atom is 0.244 e. The van der Waals surface area contributed by atoms with Gasteiger partial charge in [0, 0.05) is 23.8 Å². The number of hydrogen-bond acceptors (Lipinski definition) is 4. The zero-order chi connectivity index (χ0) is 16.1. The van der Waals surface area contributed by atoms with Crippen molar-refractivity contribution in [2.45, 2.75) is 32.9 Å². The van der Waals surface area contributed by atoms with Crippen LogP contribution in [0.1, 0.15) is 20.8 Å². The zero-order valence-electron chi connectivity index (χ0n) is 13.6. The van der Waals surface area contributed by atoms with E-state index in [1.807, 2.05) is 20.8 Å². The normalized spacial score (nSPS) is 20.5. The first-order valence-electron chi connectivity index (χ1n) is 7.54. The maximum absolute atomic E-state index is 12.3. The Morgan fingerprint density at radius 2 is 1.91 bits per heavy atom. The van der Waals surface area contributed by atoms with Crippen LogP contribution in [0.4, 0.5) is 11.4 Å². The Kier molecular flexibility index (Phi) is 7.48. The highest BCUT2D eigenvalue weighted by atomic mass is 35.5. The number of halogens is 1. The number of rotatable bonds is 4. The van der Waals surface area contributed by atoms with Gasteiger partial charge in [-0.1, -0.05) is 19.9 Å². The second kappa shape index (κ2) is 8.86. The number of amides is 2. The highest BCUT2D eigenvalue weighted by Gasteiger charge is 2.28. The van der Waals surface area contributed by atoms with Gasteiger partial charge in [0.25, 0.3) is 0 Å². The van der Waals surface area contributed by atoms with Crippen molar-refractivity contribution in [3.8, 4) is 0 Å². The number of benzene rings is 1. The number of nitrogens with one attached hydrogen (secondary N) is 3. The molecule has 1 saturated heterocycles. The van der Waals surface area contributed by atoms with Crippen LogP contribution in [0.5, 0.6) is 0 Å². The molecule has 7 heteroatoms. The van der Waals surface area contributed by atoms with E-state index in [1.165, 1.54) is 0 Å². The quantitative estimate of drug-likeness (QED) is 0.782. The minimum atomic E-state index is -0.373. The van der Waals surface area contributed by atoms with Gasteiger partial charge in [-0.25, -0.2) is 0 Å². The lowest BCUT2D eigenvalue weighted by Gasteiger charge is -2.29. The van der Waals surface area contributed by atoms with Gasteiger partial charge in [-0.3, -0.25) is 9.59 Å². The first-order valence-corrected chi connectivity index (χ1v) is 7.54. The van der Waals surface area contributed by atoms with E-state index < -0.39 is 0 Å². The third-order valence-corrected chi connectivity index (χ3v) is 3.52. The van der Waals surface area contributed by atoms with Gasteiger partial charge in [0.15, 0.2) is 0 Å². The minimum Gasteiger partial charge on any atom is -0.375 e. The van der Waals surface area contributed by atoms with Crippen molar-refractivity contribution < 1.29 is 14.3 Å². The third-order valence-electron chi connectivity index (χ3n) is 3.52. The summed E-state index contributed by atoms with van der Waals surface area (Å²) in [6.45, 7) is 6.80. The molecule has 1 aliphatic heterocycles. The SMILES string of the molecule is CC(C)C(=O)Nc1cccc(NC(=O)[C@H]2NCCO[C@@H]2C)c1.Cl. The van der Waals surface area contributed by atoms with E-state index in [4.69, 9.17) is 4.74 Å². The van der Waals surface area contributed by atoms with Gasteiger partial charge < -0.3 is 20.7 Å². The van der Waals surface area contributed by atoms with Crippen molar-refractivity contribution in [3.05, 3.63) is 24.3 Å². The topological polar surface area (TPSA) is 79.5 Å². The largest absolute Gasteiger partial charge is 0.375 e. The summed E-state index contributed by atoms with van der Waals surface area (Å²) in [7, 11) is 0. The van der Waals surface area contributed by atoms with Crippen LogP contribution in [0.25, 0.3) is 0 Å². The molecule has 1 fully saturated rings. The molecule has 2 rings (SSSR count). The van der Waals surface area contributed by atoms with Crippen LogP contribution in [0.2, 0.25) is 0 Å². The average Bonchev–Trinajstić information content (AvgIpc) is 2.47. The van der Waals surface area contributed by atoms with Crippen LogP contribution in [0.3, 0.4) is 0 Å². The fourth-order valence-corrected chi connectivity index (χ4v) is 2.21. The standard InChI is InChI=1S/C16H23N3O3.ClH/c1-10(2)15(20)18-12-5-4-6-13(9-12)19-16(21)14-11(3)22-8-7-17-14;/h4-6,9-11,14,17H,7-8H2,1-3H3,(H,18,20)(H,19,21);1H/t11-,14+;/m1./s1. The van der Waals surface area contributed by atoms with Crippen molar-refractivity contribution >= 4 is 35.6 Å². The van der Waals surface area contributed by atoms with Crippen LogP contribution in [-0.4, -0.2) is 37.1 Å². The van der Waals surface area contributed by atoms with E-state index in [-0.39, 0.29) is 42.3 Å². The minimum absolute atomic E-state index is 0. The molecule has 0 saturated carbocycles. The van der Waals surface area contributed by atoms with Gasteiger partial charge in [-0.05, 0) is 25.1 Å². The molecule has 23 heavy (non-hydrogen) atoms. The predicted molar refractivity (Wildman–Crippen MR) is 93.0 cm³/mol. The van der Waals surface area contributed by atoms with Crippen molar-refractivity contribution in [2.75, 3.05) is 23.8 Å². The number of morpholine rings is 1. The summed E-state index contributed by atoms with van der Waals surface area (Å²) in [6.07, 6.45) is -0.169. The Balaban J connectivity index is 0.00000264. The molecular formula is C16H24ClN3O3. The highest BCUT2D eigenvalue weighted by Crippen LogP contribution is 2.17. The molecule has 1 heterocycles. The van der Waals surface area contributed by atoms with Crippen molar-refractivity contribution in [3.63, 3.8) is 0 Å². The molecule has 0 radical (unpaired) electrons. The van der Waals surface area contributed by atoms with E-state index in [2.05, 4.69) is 16.0 Å². The summed E-state index contributed by atoms with van der Waals surface area (Å²) >= 11 is 0. The van der Waals surface area contributed by atoms with E-state index in [0.29, 0.717) is 24.5 Å². The van der Waals surface area contributed by atoms with Gasteiger partial charge in [-0.2, -0.15) is 0 Å². The van der Waals surface area contributed by atoms with Gasteiger partial charge in [0.05, 0.1) is 12.7 Å². The van der Waals surface area contributed by atoms with Gasteiger partial charge in [-0.15, -0.1) is 12.4 Å². The van der Waals surface area contributed by atoms with Gasteiger partial charge in [0.1, 0.15) is 6.04 Å². The summed E-state index contributed by atoms with van der Waals surface area (Å²) in [4.78, 5) is 24.0. The van der Waals surface area contributed by atoms with Gasteiger partial charge in [0.2, 0.25) is 11.8 Å². The maximum atomic E-state index is 12.3. The fourth-order valence-electron chi connectivity index (χ4n) is 2.21. The van der Waals surface area contributed by atoms with E-state index >= 15 is 0 Å². The second-order valence-electron chi connectivity index (χ2n) is 5.72. The molecular weight excluding hydrogens is 318 g/mol. The Bertz CT molecular complexity index is 551. The van der Waals surface area contributed by atoms with E-state index in [1.54, 1.807) is 24.3 Å².